The average molecular weight is 369 g/mol. The van der Waals surface area contributed by atoms with Crippen LogP contribution >= 0.6 is 0 Å². The van der Waals surface area contributed by atoms with Gasteiger partial charge in [-0.15, -0.1) is 0 Å². The van der Waals surface area contributed by atoms with Crippen molar-refractivity contribution in [3.63, 3.8) is 0 Å². The van der Waals surface area contributed by atoms with Crippen molar-refractivity contribution in [2.24, 2.45) is 0 Å². The zero-order valence-corrected chi connectivity index (χ0v) is 16.2. The molecule has 3 rings (SSSR count). The molecule has 0 unspecified atom stereocenters. The van der Waals surface area contributed by atoms with Crippen LogP contribution < -0.4 is 10.1 Å². The first-order chi connectivity index (χ1) is 13.3. The zero-order valence-electron chi connectivity index (χ0n) is 16.2. The van der Waals surface area contributed by atoms with Gasteiger partial charge in [-0.3, -0.25) is 0 Å². The normalized spacial score (nSPS) is 11.3. The molecule has 0 radical (unpaired) electrons. The summed E-state index contributed by atoms with van der Waals surface area (Å²) < 4.78 is 10.9. The average Bonchev–Trinajstić information content (AvgIpc) is 3.13. The summed E-state index contributed by atoms with van der Waals surface area (Å²) in [5.74, 6) is 1.47. The smallest absolute Gasteiger partial charge is 0.263 e. The van der Waals surface area contributed by atoms with E-state index in [1.807, 2.05) is 24.3 Å². The van der Waals surface area contributed by atoms with Crippen LogP contribution in [0.5, 0.6) is 5.75 Å². The Bertz CT molecular complexity index is 858. The summed E-state index contributed by atoms with van der Waals surface area (Å²) in [6.45, 7) is 8.38. The van der Waals surface area contributed by atoms with Gasteiger partial charge >= 0.3 is 0 Å². The van der Waals surface area contributed by atoms with Gasteiger partial charge < -0.3 is 19.5 Å². The Hall–Kier alpha value is -2.67. The third-order valence-electron chi connectivity index (χ3n) is 4.43. The van der Waals surface area contributed by atoms with Gasteiger partial charge in [0.2, 0.25) is 0 Å². The standard InChI is InChI=1S/C20H27N5O2/c1-4-11-25(12-5-2)13-10-21-19-17-18(24-27-20(17)23-14-22-19)15-8-6-7-9-16(15)26-3/h6-9,14H,4-5,10-13H2,1-3H3,(H,21,22,23). The number of methoxy groups -OCH3 is 1. The molecule has 0 bridgehead atoms. The number of nitrogens with zero attached hydrogens (tertiary/aromatic N) is 4. The lowest BCUT2D eigenvalue weighted by molar-refractivity contribution is 0.285. The SMILES string of the molecule is CCCN(CCC)CCNc1ncnc2onc(-c3ccccc3OC)c12. The van der Waals surface area contributed by atoms with Gasteiger partial charge in [0.15, 0.2) is 0 Å². The number of hydrogen-bond acceptors (Lipinski definition) is 7. The first kappa shape index (κ1) is 19.1. The molecular formula is C20H27N5O2. The van der Waals surface area contributed by atoms with Gasteiger partial charge in [0, 0.05) is 18.7 Å². The first-order valence-corrected chi connectivity index (χ1v) is 9.48. The molecule has 0 saturated carbocycles. The van der Waals surface area contributed by atoms with Crippen molar-refractivity contribution < 1.29 is 9.26 Å². The molecule has 0 fully saturated rings. The van der Waals surface area contributed by atoms with Crippen LogP contribution in [-0.2, 0) is 0 Å². The van der Waals surface area contributed by atoms with E-state index in [2.05, 4.69) is 39.2 Å². The fraction of sp³-hybridized carbons (Fsp3) is 0.450. The van der Waals surface area contributed by atoms with Gasteiger partial charge in [0.05, 0.1) is 7.11 Å². The lowest BCUT2D eigenvalue weighted by Crippen LogP contribution is -2.30. The number of anilines is 1. The van der Waals surface area contributed by atoms with E-state index in [0.717, 1.165) is 61.5 Å². The van der Waals surface area contributed by atoms with Crippen molar-refractivity contribution in [2.45, 2.75) is 26.7 Å². The Morgan fingerprint density at radius 1 is 1.07 bits per heavy atom. The van der Waals surface area contributed by atoms with E-state index in [1.54, 1.807) is 7.11 Å². The van der Waals surface area contributed by atoms with Crippen molar-refractivity contribution in [1.29, 1.82) is 0 Å². The molecule has 0 atom stereocenters. The van der Waals surface area contributed by atoms with Crippen LogP contribution in [0.2, 0.25) is 0 Å². The molecule has 144 valence electrons. The van der Waals surface area contributed by atoms with Crippen molar-refractivity contribution in [2.75, 3.05) is 38.6 Å². The predicted molar refractivity (Wildman–Crippen MR) is 107 cm³/mol. The van der Waals surface area contributed by atoms with Crippen molar-refractivity contribution >= 4 is 16.9 Å². The van der Waals surface area contributed by atoms with Crippen LogP contribution in [0.1, 0.15) is 26.7 Å². The molecule has 0 aliphatic rings. The summed E-state index contributed by atoms with van der Waals surface area (Å²) >= 11 is 0. The second kappa shape index (κ2) is 9.32. The maximum absolute atomic E-state index is 5.47. The van der Waals surface area contributed by atoms with E-state index >= 15 is 0 Å². The molecule has 0 amide bonds. The minimum absolute atomic E-state index is 0.465. The highest BCUT2D eigenvalue weighted by molar-refractivity contribution is 5.98. The maximum atomic E-state index is 5.47. The predicted octanol–water partition coefficient (Wildman–Crippen LogP) is 3.83. The van der Waals surface area contributed by atoms with Crippen LogP contribution in [0.15, 0.2) is 35.1 Å². The second-order valence-electron chi connectivity index (χ2n) is 6.40. The van der Waals surface area contributed by atoms with Gasteiger partial charge in [-0.05, 0) is 38.1 Å². The number of ether oxygens (including phenoxy) is 1. The number of benzene rings is 1. The lowest BCUT2D eigenvalue weighted by Gasteiger charge is -2.21. The molecule has 3 aromatic rings. The second-order valence-corrected chi connectivity index (χ2v) is 6.40. The van der Waals surface area contributed by atoms with Gasteiger partial charge in [-0.1, -0.05) is 31.1 Å². The highest BCUT2D eigenvalue weighted by Gasteiger charge is 2.19. The van der Waals surface area contributed by atoms with E-state index in [0.29, 0.717) is 11.4 Å². The lowest BCUT2D eigenvalue weighted by atomic mass is 10.1. The monoisotopic (exact) mass is 369 g/mol. The van der Waals surface area contributed by atoms with Crippen LogP contribution in [0.25, 0.3) is 22.4 Å². The van der Waals surface area contributed by atoms with Gasteiger partial charge in [0.1, 0.15) is 29.0 Å². The molecule has 0 aliphatic heterocycles. The highest BCUT2D eigenvalue weighted by atomic mass is 16.5. The van der Waals surface area contributed by atoms with Gasteiger partial charge in [-0.2, -0.15) is 4.98 Å². The van der Waals surface area contributed by atoms with Gasteiger partial charge in [-0.25, -0.2) is 4.98 Å². The summed E-state index contributed by atoms with van der Waals surface area (Å²) in [6.07, 6.45) is 3.81. The molecule has 1 N–H and O–H groups in total. The van der Waals surface area contributed by atoms with Crippen molar-refractivity contribution in [1.82, 2.24) is 20.0 Å². The summed E-state index contributed by atoms with van der Waals surface area (Å²) in [4.78, 5) is 11.1. The summed E-state index contributed by atoms with van der Waals surface area (Å²) in [7, 11) is 1.65. The zero-order chi connectivity index (χ0) is 19.1. The molecular weight excluding hydrogens is 342 g/mol. The van der Waals surface area contributed by atoms with E-state index in [4.69, 9.17) is 9.26 Å². The van der Waals surface area contributed by atoms with Crippen LogP contribution in [0.4, 0.5) is 5.82 Å². The molecule has 2 aromatic heterocycles. The Morgan fingerprint density at radius 3 is 2.59 bits per heavy atom. The quantitative estimate of drug-likeness (QED) is 0.582. The molecule has 0 spiro atoms. The Balaban J connectivity index is 1.85. The largest absolute Gasteiger partial charge is 0.496 e. The molecule has 7 nitrogen and oxygen atoms in total. The summed E-state index contributed by atoms with van der Waals surface area (Å²) in [5.41, 5.74) is 2.01. The molecule has 0 saturated heterocycles. The first-order valence-electron chi connectivity index (χ1n) is 9.48. The number of para-hydroxylation sites is 1. The fourth-order valence-corrected chi connectivity index (χ4v) is 3.25. The molecule has 1 aromatic carbocycles. The minimum atomic E-state index is 0.465. The van der Waals surface area contributed by atoms with E-state index in [1.165, 1.54) is 6.33 Å². The molecule has 0 aliphatic carbocycles. The van der Waals surface area contributed by atoms with Crippen molar-refractivity contribution in [3.05, 3.63) is 30.6 Å². The summed E-state index contributed by atoms with van der Waals surface area (Å²) in [6, 6.07) is 7.73. The molecule has 27 heavy (non-hydrogen) atoms. The van der Waals surface area contributed by atoms with Crippen molar-refractivity contribution in [3.8, 4) is 17.0 Å². The van der Waals surface area contributed by atoms with E-state index < -0.39 is 0 Å². The Kier molecular flexibility index (Phi) is 6.59. The summed E-state index contributed by atoms with van der Waals surface area (Å²) in [5, 5.41) is 8.44. The number of fused-ring (bicyclic) bond motifs is 1. The third kappa shape index (κ3) is 4.36. The minimum Gasteiger partial charge on any atom is -0.496 e. The topological polar surface area (TPSA) is 76.3 Å². The fourth-order valence-electron chi connectivity index (χ4n) is 3.25. The number of aromatic nitrogens is 3. The van der Waals surface area contributed by atoms with Crippen LogP contribution in [-0.4, -0.2) is 53.3 Å². The molecule has 2 heterocycles. The number of nitrogens with one attached hydrogen (secondary N) is 1. The Morgan fingerprint density at radius 2 is 1.85 bits per heavy atom. The number of hydrogen-bond donors (Lipinski definition) is 1. The highest BCUT2D eigenvalue weighted by Crippen LogP contribution is 2.36. The van der Waals surface area contributed by atoms with E-state index in [-0.39, 0.29) is 0 Å². The Labute approximate surface area is 159 Å². The maximum Gasteiger partial charge on any atom is 0.263 e. The molecule has 7 heteroatoms. The van der Waals surface area contributed by atoms with Crippen LogP contribution in [0, 0.1) is 0 Å². The number of rotatable bonds is 10. The van der Waals surface area contributed by atoms with Gasteiger partial charge in [0.25, 0.3) is 5.71 Å². The van der Waals surface area contributed by atoms with E-state index in [9.17, 15) is 0 Å². The van der Waals surface area contributed by atoms with Crippen LogP contribution in [0.3, 0.4) is 0 Å². The third-order valence-corrected chi connectivity index (χ3v) is 4.43.